The van der Waals surface area contributed by atoms with E-state index in [0.29, 0.717) is 19.0 Å². The summed E-state index contributed by atoms with van der Waals surface area (Å²) < 4.78 is 0. The molecular weight excluding hydrogens is 303 g/mol. The Bertz CT molecular complexity index is 550. The zero-order valence-corrected chi connectivity index (χ0v) is 12.4. The molecule has 0 spiro atoms. The summed E-state index contributed by atoms with van der Waals surface area (Å²) in [5, 5.41) is 10.9. The number of benzene rings is 1. The van der Waals surface area contributed by atoms with Gasteiger partial charge < -0.3 is 4.90 Å². The van der Waals surface area contributed by atoms with Gasteiger partial charge in [-0.3, -0.25) is 14.9 Å². The molecule has 0 aromatic heterocycles. The van der Waals surface area contributed by atoms with Crippen LogP contribution in [0.25, 0.3) is 0 Å². The lowest BCUT2D eigenvalue weighted by Gasteiger charge is -2.34. The molecular formula is C13H14Cl2N2O3. The first-order valence-corrected chi connectivity index (χ1v) is 7.08. The highest BCUT2D eigenvalue weighted by atomic mass is 35.5. The topological polar surface area (TPSA) is 63.5 Å². The van der Waals surface area contributed by atoms with Gasteiger partial charge in [0.2, 0.25) is 0 Å². The van der Waals surface area contributed by atoms with E-state index < -0.39 is 4.92 Å². The van der Waals surface area contributed by atoms with E-state index in [1.807, 2.05) is 6.92 Å². The van der Waals surface area contributed by atoms with E-state index in [2.05, 4.69) is 0 Å². The van der Waals surface area contributed by atoms with Crippen molar-refractivity contribution in [2.75, 3.05) is 13.1 Å². The highest BCUT2D eigenvalue weighted by Gasteiger charge is 2.28. The molecule has 1 aliphatic heterocycles. The van der Waals surface area contributed by atoms with Gasteiger partial charge in [0.15, 0.2) is 0 Å². The van der Waals surface area contributed by atoms with Crippen LogP contribution in [0.4, 0.5) is 5.69 Å². The van der Waals surface area contributed by atoms with Crippen molar-refractivity contribution < 1.29 is 9.72 Å². The van der Waals surface area contributed by atoms with Gasteiger partial charge in [-0.15, -0.1) is 11.6 Å². The van der Waals surface area contributed by atoms with Crippen molar-refractivity contribution in [2.45, 2.75) is 18.7 Å². The van der Waals surface area contributed by atoms with E-state index >= 15 is 0 Å². The van der Waals surface area contributed by atoms with Crippen LogP contribution >= 0.6 is 23.2 Å². The summed E-state index contributed by atoms with van der Waals surface area (Å²) >= 11 is 12.0. The van der Waals surface area contributed by atoms with Crippen molar-refractivity contribution in [3.05, 3.63) is 38.9 Å². The van der Waals surface area contributed by atoms with Gasteiger partial charge in [0.1, 0.15) is 0 Å². The monoisotopic (exact) mass is 316 g/mol. The number of non-ortho nitro benzene ring substituents is 1. The van der Waals surface area contributed by atoms with Crippen molar-refractivity contribution >= 4 is 34.8 Å². The van der Waals surface area contributed by atoms with Crippen LogP contribution < -0.4 is 0 Å². The second-order valence-electron chi connectivity index (χ2n) is 4.99. The molecule has 7 heteroatoms. The first kappa shape index (κ1) is 15.1. The molecule has 0 N–H and O–H groups in total. The first-order valence-electron chi connectivity index (χ1n) is 6.27. The minimum absolute atomic E-state index is 0.0955. The Morgan fingerprint density at radius 2 is 2.15 bits per heavy atom. The maximum atomic E-state index is 12.4. The first-order chi connectivity index (χ1) is 9.38. The maximum Gasteiger partial charge on any atom is 0.271 e. The van der Waals surface area contributed by atoms with Gasteiger partial charge in [-0.05, 0) is 18.4 Å². The van der Waals surface area contributed by atoms with Gasteiger partial charge in [-0.2, -0.15) is 0 Å². The summed E-state index contributed by atoms with van der Waals surface area (Å²) in [4.78, 5) is 24.2. The minimum atomic E-state index is -0.564. The van der Waals surface area contributed by atoms with Crippen LogP contribution in [0, 0.1) is 16.0 Å². The summed E-state index contributed by atoms with van der Waals surface area (Å²) in [5.41, 5.74) is 0.0382. The van der Waals surface area contributed by atoms with E-state index in [0.717, 1.165) is 6.42 Å². The zero-order chi connectivity index (χ0) is 14.9. The summed E-state index contributed by atoms with van der Waals surface area (Å²) in [5.74, 6) is 0.0857. The molecule has 0 saturated carbocycles. The molecule has 2 atom stereocenters. The van der Waals surface area contributed by atoms with Crippen LogP contribution in [0.15, 0.2) is 18.2 Å². The number of likely N-dealkylation sites (tertiary alicyclic amines) is 1. The van der Waals surface area contributed by atoms with E-state index in [-0.39, 0.29) is 27.6 Å². The van der Waals surface area contributed by atoms with Crippen LogP contribution in [-0.2, 0) is 0 Å². The van der Waals surface area contributed by atoms with E-state index in [1.165, 1.54) is 18.2 Å². The van der Waals surface area contributed by atoms with Crippen LogP contribution in [-0.4, -0.2) is 34.2 Å². The summed E-state index contributed by atoms with van der Waals surface area (Å²) in [6.45, 7) is 3.09. The molecule has 0 aliphatic carbocycles. The molecule has 2 unspecified atom stereocenters. The van der Waals surface area contributed by atoms with Crippen molar-refractivity contribution in [3.63, 3.8) is 0 Å². The number of carbonyl (C=O) groups excluding carboxylic acids is 1. The SMILES string of the molecule is CC1CCN(C(=O)c2cc(Cl)cc([N+](=O)[O-])c2)CC1Cl. The third-order valence-corrected chi connectivity index (χ3v) is 4.28. The number of nitrogens with zero attached hydrogens (tertiary/aromatic N) is 2. The Kier molecular flexibility index (Phi) is 4.50. The average Bonchev–Trinajstić information content (AvgIpc) is 2.40. The molecule has 1 aliphatic rings. The molecule has 20 heavy (non-hydrogen) atoms. The van der Waals surface area contributed by atoms with Crippen molar-refractivity contribution in [3.8, 4) is 0 Å². The molecule has 1 aromatic rings. The number of nitro groups is 1. The maximum absolute atomic E-state index is 12.4. The number of amides is 1. The molecule has 1 amide bonds. The van der Waals surface area contributed by atoms with Gasteiger partial charge in [-0.1, -0.05) is 18.5 Å². The largest absolute Gasteiger partial charge is 0.337 e. The predicted molar refractivity (Wildman–Crippen MR) is 77.4 cm³/mol. The van der Waals surface area contributed by atoms with Crippen molar-refractivity contribution in [1.29, 1.82) is 0 Å². The molecule has 1 fully saturated rings. The van der Waals surface area contributed by atoms with E-state index in [1.54, 1.807) is 4.90 Å². The molecule has 1 saturated heterocycles. The lowest BCUT2D eigenvalue weighted by atomic mass is 9.98. The molecule has 5 nitrogen and oxygen atoms in total. The minimum Gasteiger partial charge on any atom is -0.337 e. The molecule has 0 bridgehead atoms. The van der Waals surface area contributed by atoms with Gasteiger partial charge in [0.05, 0.1) is 10.3 Å². The highest BCUT2D eigenvalue weighted by molar-refractivity contribution is 6.31. The Hall–Kier alpha value is -1.33. The van der Waals surface area contributed by atoms with Crippen molar-refractivity contribution in [1.82, 2.24) is 4.90 Å². The summed E-state index contributed by atoms with van der Waals surface area (Å²) in [6, 6.07) is 3.91. The summed E-state index contributed by atoms with van der Waals surface area (Å²) in [6.07, 6.45) is 0.822. The Morgan fingerprint density at radius 1 is 1.45 bits per heavy atom. The van der Waals surface area contributed by atoms with Gasteiger partial charge >= 0.3 is 0 Å². The van der Waals surface area contributed by atoms with Gasteiger partial charge in [-0.25, -0.2) is 0 Å². The zero-order valence-electron chi connectivity index (χ0n) is 10.9. The number of nitro benzene ring substituents is 1. The molecule has 1 heterocycles. The number of hydrogen-bond donors (Lipinski definition) is 0. The van der Waals surface area contributed by atoms with Crippen molar-refractivity contribution in [2.24, 2.45) is 5.92 Å². The Balaban J connectivity index is 2.23. The third-order valence-electron chi connectivity index (χ3n) is 3.49. The second kappa shape index (κ2) is 5.97. The smallest absolute Gasteiger partial charge is 0.271 e. The third kappa shape index (κ3) is 3.22. The fraction of sp³-hybridized carbons (Fsp3) is 0.462. The molecule has 0 radical (unpaired) electrons. The lowest BCUT2D eigenvalue weighted by Crippen LogP contribution is -2.43. The number of hydrogen-bond acceptors (Lipinski definition) is 3. The average molecular weight is 317 g/mol. The molecule has 1 aromatic carbocycles. The fourth-order valence-electron chi connectivity index (χ4n) is 2.19. The molecule has 2 rings (SSSR count). The Morgan fingerprint density at radius 3 is 2.75 bits per heavy atom. The van der Waals surface area contributed by atoms with Crippen LogP contribution in [0.3, 0.4) is 0 Å². The number of carbonyl (C=O) groups is 1. The number of alkyl halides is 1. The molecule has 108 valence electrons. The highest BCUT2D eigenvalue weighted by Crippen LogP contribution is 2.26. The number of halogens is 2. The van der Waals surface area contributed by atoms with Gasteiger partial charge in [0, 0.05) is 35.8 Å². The number of piperidine rings is 1. The lowest BCUT2D eigenvalue weighted by molar-refractivity contribution is -0.384. The van der Waals surface area contributed by atoms with Crippen LogP contribution in [0.2, 0.25) is 5.02 Å². The number of rotatable bonds is 2. The summed E-state index contributed by atoms with van der Waals surface area (Å²) in [7, 11) is 0. The quantitative estimate of drug-likeness (QED) is 0.477. The van der Waals surface area contributed by atoms with E-state index in [9.17, 15) is 14.9 Å². The van der Waals surface area contributed by atoms with Crippen LogP contribution in [0.5, 0.6) is 0 Å². The predicted octanol–water partition coefficient (Wildman–Crippen LogP) is 3.34. The fourth-order valence-corrected chi connectivity index (χ4v) is 2.71. The Labute approximate surface area is 126 Å². The standard InChI is InChI=1S/C13H14Cl2N2O3/c1-8-2-3-16(7-12(8)15)13(18)9-4-10(14)6-11(5-9)17(19)20/h4-6,8,12H,2-3,7H2,1H3. The van der Waals surface area contributed by atoms with Gasteiger partial charge in [0.25, 0.3) is 11.6 Å². The van der Waals surface area contributed by atoms with E-state index in [4.69, 9.17) is 23.2 Å². The normalized spacial score (nSPS) is 22.6. The van der Waals surface area contributed by atoms with Crippen LogP contribution in [0.1, 0.15) is 23.7 Å². The second-order valence-corrected chi connectivity index (χ2v) is 5.99.